The van der Waals surface area contributed by atoms with E-state index in [0.717, 1.165) is 61.3 Å². The van der Waals surface area contributed by atoms with Crippen LogP contribution in [0, 0.1) is 0 Å². The van der Waals surface area contributed by atoms with E-state index in [4.69, 9.17) is 23.7 Å². The molecule has 5 rings (SSSR count). The average Bonchev–Trinajstić information content (AvgIpc) is 3.67. The van der Waals surface area contributed by atoms with E-state index in [1.54, 1.807) is 32.4 Å². The Morgan fingerprint density at radius 2 is 1.40 bits per heavy atom. The molecule has 0 radical (unpaired) electrons. The van der Waals surface area contributed by atoms with Gasteiger partial charge in [-0.05, 0) is 71.6 Å². The van der Waals surface area contributed by atoms with Gasteiger partial charge < -0.3 is 33.9 Å². The van der Waals surface area contributed by atoms with Crippen LogP contribution in [0.4, 0.5) is 13.2 Å². The van der Waals surface area contributed by atoms with Crippen molar-refractivity contribution in [3.05, 3.63) is 82.4 Å². The third-order valence-corrected chi connectivity index (χ3v) is 8.59. The summed E-state index contributed by atoms with van der Waals surface area (Å²) in [5.41, 5.74) is 4.15. The maximum atomic E-state index is 13.3. The summed E-state index contributed by atoms with van der Waals surface area (Å²) in [5, 5.41) is 3.30. The number of nitrogens with one attached hydrogen (secondary N) is 1. The topological polar surface area (TPSA) is 113 Å². The van der Waals surface area contributed by atoms with E-state index in [9.17, 15) is 26.4 Å². The molecule has 2 aliphatic rings. The van der Waals surface area contributed by atoms with E-state index in [-0.39, 0.29) is 41.7 Å². The molecule has 2 aliphatic heterocycles. The zero-order chi connectivity index (χ0) is 34.2. The van der Waals surface area contributed by atoms with E-state index >= 15 is 0 Å². The van der Waals surface area contributed by atoms with Crippen LogP contribution in [-0.2, 0) is 45.5 Å². The number of carbonyl (C=O) groups excluding carboxylic acids is 1. The highest BCUT2D eigenvalue weighted by atomic mass is 35.5. The third kappa shape index (κ3) is 10.5. The Morgan fingerprint density at radius 3 is 1.98 bits per heavy atom. The maximum absolute atomic E-state index is 13.3. The van der Waals surface area contributed by atoms with E-state index < -0.39 is 28.0 Å². The van der Waals surface area contributed by atoms with Gasteiger partial charge in [0, 0.05) is 46.7 Å². The fourth-order valence-electron chi connectivity index (χ4n) is 4.89. The van der Waals surface area contributed by atoms with Crippen molar-refractivity contribution < 1.29 is 50.1 Å². The molecule has 1 amide bonds. The van der Waals surface area contributed by atoms with Crippen molar-refractivity contribution >= 4 is 28.2 Å². The molecule has 0 spiro atoms. The van der Waals surface area contributed by atoms with Crippen LogP contribution in [0.2, 0.25) is 0 Å². The number of amides is 1. The van der Waals surface area contributed by atoms with Gasteiger partial charge in [0.2, 0.25) is 0 Å². The molecule has 0 saturated heterocycles. The van der Waals surface area contributed by atoms with Crippen LogP contribution in [-0.4, -0.2) is 78.4 Å². The average molecular weight is 717 g/mol. The van der Waals surface area contributed by atoms with E-state index in [1.807, 2.05) is 6.07 Å². The van der Waals surface area contributed by atoms with Crippen molar-refractivity contribution in [3.8, 4) is 17.2 Å². The van der Waals surface area contributed by atoms with Crippen molar-refractivity contribution in [2.24, 2.45) is 0 Å². The van der Waals surface area contributed by atoms with Crippen molar-refractivity contribution in [2.75, 3.05) is 46.9 Å². The van der Waals surface area contributed by atoms with Gasteiger partial charge in [-0.25, -0.2) is 8.42 Å². The molecule has 10 nitrogen and oxygen atoms in total. The number of ether oxygens (including phenoxy) is 5. The van der Waals surface area contributed by atoms with Gasteiger partial charge in [-0.2, -0.15) is 13.2 Å². The maximum Gasteiger partial charge on any atom is 0.425 e. The largest absolute Gasteiger partial charge is 0.491 e. The number of rotatable bonds is 12. The van der Waals surface area contributed by atoms with Gasteiger partial charge in [0.05, 0.1) is 23.7 Å². The van der Waals surface area contributed by atoms with Crippen LogP contribution in [0.25, 0.3) is 0 Å². The normalized spacial score (nSPS) is 14.2. The lowest BCUT2D eigenvalue weighted by atomic mass is 10.1. The molecule has 0 unspecified atom stereocenters. The lowest BCUT2D eigenvalue weighted by molar-refractivity contribution is -0.189. The fourth-order valence-corrected chi connectivity index (χ4v) is 5.54. The van der Waals surface area contributed by atoms with Crippen LogP contribution in [0.15, 0.2) is 59.5 Å². The van der Waals surface area contributed by atoms with Crippen LogP contribution in [0.1, 0.15) is 39.5 Å². The quantitative estimate of drug-likeness (QED) is 0.249. The monoisotopic (exact) mass is 716 g/mol. The summed E-state index contributed by atoms with van der Waals surface area (Å²) in [5.74, 6) is 0.561. The predicted molar refractivity (Wildman–Crippen MR) is 175 cm³/mol. The minimum absolute atomic E-state index is 0. The molecule has 3 aromatic carbocycles. The molecule has 0 bridgehead atoms. The Bertz CT molecular complexity index is 1660. The standard InChI is InChI=1S/C22H24F3NO6S.C11H15NO2.ClH/c1-14(22(23,24)25)32-20-7-6-18(33(3,28)29)11-19(20)21(27)26-12-15-4-5-17(10-16(15)13-26)31-9-8-30-2;1-13-4-5-14-11-3-2-9-7-12-8-10(9)6-11;/h4-7,10-11,14H,8-9,12-13H2,1-3H3;2-3,6,12H,4-5,7-8H2,1H3;1H/t14-;;/m0../s1. The number of carbonyl (C=O) groups is 1. The Balaban J connectivity index is 0.000000347. The summed E-state index contributed by atoms with van der Waals surface area (Å²) in [6, 6.07) is 14.8. The van der Waals surface area contributed by atoms with Gasteiger partial charge in [-0.1, -0.05) is 12.1 Å². The molecule has 3 aromatic rings. The first-order valence-corrected chi connectivity index (χ1v) is 16.7. The van der Waals surface area contributed by atoms with E-state index in [2.05, 4.69) is 17.4 Å². The fraction of sp³-hybridized carbons (Fsp3) is 0.424. The first-order chi connectivity index (χ1) is 22.3. The molecule has 2 heterocycles. The number of methoxy groups -OCH3 is 2. The molecule has 0 aliphatic carbocycles. The van der Waals surface area contributed by atoms with E-state index in [1.165, 1.54) is 16.0 Å². The second kappa shape index (κ2) is 17.2. The first-order valence-electron chi connectivity index (χ1n) is 14.8. The predicted octanol–water partition coefficient (Wildman–Crippen LogP) is 5.34. The van der Waals surface area contributed by atoms with Crippen LogP contribution >= 0.6 is 12.4 Å². The summed E-state index contributed by atoms with van der Waals surface area (Å²) in [6.45, 7) is 5.17. The van der Waals surface area contributed by atoms with Gasteiger partial charge in [0.1, 0.15) is 30.5 Å². The highest BCUT2D eigenvalue weighted by Crippen LogP contribution is 2.33. The van der Waals surface area contributed by atoms with Gasteiger partial charge in [0.25, 0.3) is 5.91 Å². The van der Waals surface area contributed by atoms with Crippen LogP contribution < -0.4 is 19.5 Å². The zero-order valence-corrected chi connectivity index (χ0v) is 28.7. The second-order valence-corrected chi connectivity index (χ2v) is 13.1. The lowest BCUT2D eigenvalue weighted by Crippen LogP contribution is -2.32. The molecule has 0 aromatic heterocycles. The lowest BCUT2D eigenvalue weighted by Gasteiger charge is -2.22. The second-order valence-electron chi connectivity index (χ2n) is 11.0. The first kappa shape index (κ1) is 38.9. The highest BCUT2D eigenvalue weighted by molar-refractivity contribution is 7.90. The molecule has 1 N–H and O–H groups in total. The summed E-state index contributed by atoms with van der Waals surface area (Å²) < 4.78 is 89.0. The molecular weight excluding hydrogens is 677 g/mol. The van der Waals surface area contributed by atoms with Crippen LogP contribution in [0.3, 0.4) is 0 Å². The smallest absolute Gasteiger partial charge is 0.425 e. The number of alkyl halides is 3. The number of benzene rings is 3. The molecule has 0 fully saturated rings. The molecule has 48 heavy (non-hydrogen) atoms. The number of hydrogen-bond acceptors (Lipinski definition) is 9. The molecular formula is C33H40ClF3N2O8S. The van der Waals surface area contributed by atoms with E-state index in [0.29, 0.717) is 32.2 Å². The van der Waals surface area contributed by atoms with Crippen molar-refractivity contribution in [3.63, 3.8) is 0 Å². The van der Waals surface area contributed by atoms with Crippen molar-refractivity contribution in [2.45, 2.75) is 50.3 Å². The Kier molecular flexibility index (Phi) is 13.9. The Labute approximate surface area is 284 Å². The molecule has 1 atom stereocenters. The Hall–Kier alpha value is -3.56. The summed E-state index contributed by atoms with van der Waals surface area (Å²) >= 11 is 0. The number of sulfone groups is 1. The van der Waals surface area contributed by atoms with Gasteiger partial charge in [-0.3, -0.25) is 4.79 Å². The minimum atomic E-state index is -4.65. The summed E-state index contributed by atoms with van der Waals surface area (Å²) in [7, 11) is -0.468. The third-order valence-electron chi connectivity index (χ3n) is 7.48. The van der Waals surface area contributed by atoms with Crippen molar-refractivity contribution in [1.29, 1.82) is 0 Å². The van der Waals surface area contributed by atoms with Gasteiger partial charge in [-0.15, -0.1) is 12.4 Å². The highest BCUT2D eigenvalue weighted by Gasteiger charge is 2.39. The molecule has 264 valence electrons. The number of nitrogens with zero attached hydrogens (tertiary/aromatic N) is 1. The SMILES string of the molecule is COCCOc1ccc2c(c1)CN(C(=O)c1cc(S(C)(=O)=O)ccc1O[C@@H](C)C(F)(F)F)C2.COCCOc1ccc2c(c1)CNC2.Cl. The van der Waals surface area contributed by atoms with Gasteiger partial charge in [0.15, 0.2) is 15.9 Å². The summed E-state index contributed by atoms with van der Waals surface area (Å²) in [6.07, 6.45) is -5.89. The number of halogens is 4. The Morgan fingerprint density at radius 1 is 0.833 bits per heavy atom. The van der Waals surface area contributed by atoms with Gasteiger partial charge >= 0.3 is 6.18 Å². The zero-order valence-electron chi connectivity index (χ0n) is 27.1. The molecule has 15 heteroatoms. The van der Waals surface area contributed by atoms with Crippen LogP contribution in [0.5, 0.6) is 17.2 Å². The minimum Gasteiger partial charge on any atom is -0.491 e. The summed E-state index contributed by atoms with van der Waals surface area (Å²) in [4.78, 5) is 14.5. The van der Waals surface area contributed by atoms with Crippen molar-refractivity contribution in [1.82, 2.24) is 10.2 Å². The number of hydrogen-bond donors (Lipinski definition) is 1. The number of fused-ring (bicyclic) bond motifs is 2. The molecule has 0 saturated carbocycles.